The smallest absolute Gasteiger partial charge is 0.202 e. The van der Waals surface area contributed by atoms with E-state index >= 15 is 0 Å². The Bertz CT molecular complexity index is 1190. The maximum atomic E-state index is 13.2. The minimum absolute atomic E-state index is 0.0201. The SMILES string of the molecule is CCCC(C)/C=C/C=C/[C@H](OC)[C@@H](C)[C@@H](OC)[C@@H](C)/C=C/c1oc2c(O)c(OC)cc(OC)c2c(=O)c1C. The van der Waals surface area contributed by atoms with Gasteiger partial charge in [-0.05, 0) is 25.3 Å². The van der Waals surface area contributed by atoms with Gasteiger partial charge in [0.1, 0.15) is 16.9 Å². The van der Waals surface area contributed by atoms with Crippen LogP contribution in [0.3, 0.4) is 0 Å². The van der Waals surface area contributed by atoms with Crippen molar-refractivity contribution >= 4 is 17.0 Å². The van der Waals surface area contributed by atoms with Gasteiger partial charge in [-0.3, -0.25) is 4.79 Å². The second kappa shape index (κ2) is 14.8. The summed E-state index contributed by atoms with van der Waals surface area (Å²) in [6, 6.07) is 1.47. The fourth-order valence-electron chi connectivity index (χ4n) is 4.77. The molecule has 38 heavy (non-hydrogen) atoms. The fraction of sp³-hybridized carbons (Fsp3) is 0.516. The van der Waals surface area contributed by atoms with Gasteiger partial charge in [-0.25, -0.2) is 0 Å². The number of fused-ring (bicyclic) bond motifs is 1. The molecule has 1 unspecified atom stereocenters. The second-order valence-corrected chi connectivity index (χ2v) is 9.77. The molecule has 0 aliphatic heterocycles. The van der Waals surface area contributed by atoms with E-state index in [1.165, 1.54) is 33.1 Å². The molecule has 0 bridgehead atoms. The van der Waals surface area contributed by atoms with Crippen molar-refractivity contribution in [1.29, 1.82) is 0 Å². The normalized spacial score (nSPS) is 16.3. The van der Waals surface area contributed by atoms with Crippen LogP contribution in [-0.4, -0.2) is 45.8 Å². The molecule has 2 aromatic rings. The van der Waals surface area contributed by atoms with Gasteiger partial charge in [0.15, 0.2) is 16.8 Å². The zero-order chi connectivity index (χ0) is 28.4. The number of phenols is 1. The number of rotatable bonds is 14. The van der Waals surface area contributed by atoms with E-state index in [4.69, 9.17) is 23.4 Å². The third-order valence-corrected chi connectivity index (χ3v) is 7.02. The lowest BCUT2D eigenvalue weighted by Crippen LogP contribution is -2.35. The Labute approximate surface area is 226 Å². The van der Waals surface area contributed by atoms with Gasteiger partial charge < -0.3 is 28.5 Å². The van der Waals surface area contributed by atoms with E-state index in [2.05, 4.69) is 39.0 Å². The highest BCUT2D eigenvalue weighted by atomic mass is 16.5. The topological polar surface area (TPSA) is 87.4 Å². The summed E-state index contributed by atoms with van der Waals surface area (Å²) in [6.07, 6.45) is 14.1. The van der Waals surface area contributed by atoms with Crippen LogP contribution in [0.15, 0.2) is 45.7 Å². The Balaban J connectivity index is 2.33. The highest BCUT2D eigenvalue weighted by Crippen LogP contribution is 2.40. The summed E-state index contributed by atoms with van der Waals surface area (Å²) in [7, 11) is 6.26. The lowest BCUT2D eigenvalue weighted by Gasteiger charge is -2.30. The maximum absolute atomic E-state index is 13.2. The number of hydrogen-bond acceptors (Lipinski definition) is 7. The summed E-state index contributed by atoms with van der Waals surface area (Å²) in [5.74, 6) is 1.09. The minimum atomic E-state index is -0.282. The molecule has 0 spiro atoms. The second-order valence-electron chi connectivity index (χ2n) is 9.77. The zero-order valence-electron chi connectivity index (χ0n) is 24.2. The van der Waals surface area contributed by atoms with Crippen LogP contribution in [0.25, 0.3) is 17.0 Å². The van der Waals surface area contributed by atoms with Crippen molar-refractivity contribution in [2.24, 2.45) is 17.8 Å². The molecule has 0 aliphatic rings. The predicted octanol–water partition coefficient (Wildman–Crippen LogP) is 6.69. The summed E-state index contributed by atoms with van der Waals surface area (Å²) < 4.78 is 28.2. The molecule has 0 fully saturated rings. The average Bonchev–Trinajstić information content (AvgIpc) is 2.90. The zero-order valence-corrected chi connectivity index (χ0v) is 24.2. The van der Waals surface area contributed by atoms with Gasteiger partial charge in [0.2, 0.25) is 5.75 Å². The quantitative estimate of drug-likeness (QED) is 0.273. The minimum Gasteiger partial charge on any atom is -0.502 e. The molecule has 7 nitrogen and oxygen atoms in total. The Kier molecular flexibility index (Phi) is 12.1. The van der Waals surface area contributed by atoms with Crippen LogP contribution >= 0.6 is 0 Å². The Morgan fingerprint density at radius 1 is 0.974 bits per heavy atom. The van der Waals surface area contributed by atoms with Gasteiger partial charge in [-0.15, -0.1) is 0 Å². The summed E-state index contributed by atoms with van der Waals surface area (Å²) in [5.41, 5.74) is 0.148. The first-order valence-corrected chi connectivity index (χ1v) is 13.1. The van der Waals surface area contributed by atoms with Crippen molar-refractivity contribution in [3.63, 3.8) is 0 Å². The largest absolute Gasteiger partial charge is 0.502 e. The standard InChI is InChI=1S/C31H44O7/c1-10-13-19(2)14-11-12-15-23(34-6)22(5)30(37-9)20(3)16-17-24-21(4)28(32)27-25(35-7)18-26(36-8)29(33)31(27)38-24/h11-12,14-20,22-23,30,33H,10,13H2,1-9H3/b14-11+,15-12+,17-16+/t19?,20-,22+,23-,30-/m0/s1. The van der Waals surface area contributed by atoms with Crippen LogP contribution < -0.4 is 14.9 Å². The number of allylic oxidation sites excluding steroid dienone is 3. The summed E-state index contributed by atoms with van der Waals surface area (Å²) in [5, 5.41) is 10.8. The van der Waals surface area contributed by atoms with Crippen LogP contribution in [-0.2, 0) is 9.47 Å². The first-order valence-electron chi connectivity index (χ1n) is 13.1. The predicted molar refractivity (Wildman–Crippen MR) is 153 cm³/mol. The van der Waals surface area contributed by atoms with Crippen LogP contribution in [0.4, 0.5) is 0 Å². The molecule has 0 saturated heterocycles. The molecule has 1 heterocycles. The van der Waals surface area contributed by atoms with Gasteiger partial charge in [-0.1, -0.05) is 64.5 Å². The molecule has 2 rings (SSSR count). The van der Waals surface area contributed by atoms with E-state index in [1.807, 2.05) is 19.1 Å². The molecule has 7 heteroatoms. The molecule has 0 amide bonds. The summed E-state index contributed by atoms with van der Waals surface area (Å²) in [4.78, 5) is 13.2. The highest BCUT2D eigenvalue weighted by molar-refractivity contribution is 5.91. The van der Waals surface area contributed by atoms with Crippen LogP contribution in [0.2, 0.25) is 0 Å². The fourth-order valence-corrected chi connectivity index (χ4v) is 4.77. The first kappa shape index (κ1) is 31.2. The van der Waals surface area contributed by atoms with Gasteiger partial charge in [0, 0.05) is 37.7 Å². The Morgan fingerprint density at radius 2 is 1.63 bits per heavy atom. The first-order chi connectivity index (χ1) is 18.1. The lowest BCUT2D eigenvalue weighted by molar-refractivity contribution is -0.0229. The van der Waals surface area contributed by atoms with E-state index in [1.54, 1.807) is 27.2 Å². The number of hydrogen-bond donors (Lipinski definition) is 1. The van der Waals surface area contributed by atoms with Gasteiger partial charge in [0.25, 0.3) is 0 Å². The molecule has 5 atom stereocenters. The van der Waals surface area contributed by atoms with Crippen molar-refractivity contribution < 1.29 is 28.5 Å². The van der Waals surface area contributed by atoms with Crippen molar-refractivity contribution in [1.82, 2.24) is 0 Å². The van der Waals surface area contributed by atoms with Crippen molar-refractivity contribution in [2.45, 2.75) is 59.7 Å². The van der Waals surface area contributed by atoms with Crippen molar-refractivity contribution in [3.8, 4) is 17.2 Å². The molecular formula is C31H44O7. The average molecular weight is 529 g/mol. The third-order valence-electron chi connectivity index (χ3n) is 7.02. The van der Waals surface area contributed by atoms with Crippen molar-refractivity contribution in [2.75, 3.05) is 28.4 Å². The van der Waals surface area contributed by atoms with E-state index in [-0.39, 0.29) is 57.7 Å². The van der Waals surface area contributed by atoms with Crippen LogP contribution in [0.1, 0.15) is 51.9 Å². The number of phenolic OH excluding ortho intramolecular Hbond substituents is 1. The van der Waals surface area contributed by atoms with Gasteiger partial charge >= 0.3 is 0 Å². The molecular weight excluding hydrogens is 484 g/mol. The lowest BCUT2D eigenvalue weighted by atomic mass is 9.88. The van der Waals surface area contributed by atoms with Gasteiger partial charge in [0.05, 0.1) is 26.4 Å². The van der Waals surface area contributed by atoms with Crippen LogP contribution in [0, 0.1) is 24.7 Å². The third kappa shape index (κ3) is 7.29. The molecule has 1 aromatic carbocycles. The molecule has 0 aliphatic carbocycles. The molecule has 1 aromatic heterocycles. The van der Waals surface area contributed by atoms with Gasteiger partial charge in [-0.2, -0.15) is 0 Å². The monoisotopic (exact) mass is 528 g/mol. The molecule has 0 radical (unpaired) electrons. The Hall–Kier alpha value is -3.03. The van der Waals surface area contributed by atoms with Crippen LogP contribution in [0.5, 0.6) is 17.2 Å². The van der Waals surface area contributed by atoms with E-state index in [9.17, 15) is 9.90 Å². The molecule has 1 N–H and O–H groups in total. The number of methoxy groups -OCH3 is 4. The number of ether oxygens (including phenoxy) is 4. The van der Waals surface area contributed by atoms with E-state index in [0.717, 1.165) is 0 Å². The van der Waals surface area contributed by atoms with Crippen molar-refractivity contribution in [3.05, 3.63) is 58.0 Å². The molecule has 0 saturated carbocycles. The number of benzene rings is 1. The summed E-state index contributed by atoms with van der Waals surface area (Å²) >= 11 is 0. The molecule has 210 valence electrons. The summed E-state index contributed by atoms with van der Waals surface area (Å²) in [6.45, 7) is 10.2. The highest BCUT2D eigenvalue weighted by Gasteiger charge is 2.28. The van der Waals surface area contributed by atoms with E-state index in [0.29, 0.717) is 17.2 Å². The number of aromatic hydroxyl groups is 1. The Morgan fingerprint density at radius 3 is 2.21 bits per heavy atom. The maximum Gasteiger partial charge on any atom is 0.202 e. The van der Waals surface area contributed by atoms with E-state index < -0.39 is 0 Å².